The van der Waals surface area contributed by atoms with Gasteiger partial charge in [-0.3, -0.25) is 20.8 Å². The number of benzene rings is 2. The second kappa shape index (κ2) is 18.9. The van der Waals surface area contributed by atoms with E-state index >= 15 is 0 Å². The summed E-state index contributed by atoms with van der Waals surface area (Å²) < 4.78 is 0. The number of hydrogen-bond donors (Lipinski definition) is 7. The monoisotopic (exact) mass is 462 g/mol. The van der Waals surface area contributed by atoms with Gasteiger partial charge in [-0.25, -0.2) is 0 Å². The summed E-state index contributed by atoms with van der Waals surface area (Å²) in [6, 6.07) is 17.2. The number of aliphatic hydroxyl groups excluding tert-OH is 1. The number of hydrogen-bond acceptors (Lipinski definition) is 9. The van der Waals surface area contributed by atoms with E-state index in [9.17, 15) is 0 Å². The van der Waals surface area contributed by atoms with Gasteiger partial charge in [-0.2, -0.15) is 10.3 Å². The molecule has 2 rings (SSSR count). The SMILES string of the molecule is CO.ONN(O)c1ccccc1.ONN(O)c1ccccc1.[CH3][Sn][CH3]. The summed E-state index contributed by atoms with van der Waals surface area (Å²) in [5.74, 6) is 0. The Balaban J connectivity index is 0. The Hall–Kier alpha value is -1.44. The minimum absolute atomic E-state index is 0.230. The first-order valence-electron chi connectivity index (χ1n) is 7.01. The summed E-state index contributed by atoms with van der Waals surface area (Å²) in [5, 5.41) is 42.1. The van der Waals surface area contributed by atoms with Crippen molar-refractivity contribution in [3.8, 4) is 0 Å². The minimum atomic E-state index is 0.230. The zero-order valence-electron chi connectivity index (χ0n) is 14.4. The summed E-state index contributed by atoms with van der Waals surface area (Å²) in [7, 11) is 1.00. The van der Waals surface area contributed by atoms with Gasteiger partial charge in [0.25, 0.3) is 0 Å². The third-order valence-corrected chi connectivity index (χ3v) is 2.19. The molecule has 0 atom stereocenters. The molecule has 0 amide bonds. The topological polar surface area (TPSA) is 132 Å². The van der Waals surface area contributed by atoms with E-state index in [1.54, 1.807) is 59.7 Å². The average molecular weight is 461 g/mol. The fourth-order valence-corrected chi connectivity index (χ4v) is 1.25. The van der Waals surface area contributed by atoms with Crippen molar-refractivity contribution in [2.75, 3.05) is 17.5 Å². The third-order valence-electron chi connectivity index (χ3n) is 2.19. The van der Waals surface area contributed by atoms with Crippen molar-refractivity contribution in [2.24, 2.45) is 0 Å². The van der Waals surface area contributed by atoms with E-state index in [1.807, 2.05) is 12.1 Å². The number of nitrogens with zero attached hydrogens (tertiary/aromatic N) is 2. The van der Waals surface area contributed by atoms with Gasteiger partial charge in [0, 0.05) is 7.11 Å². The van der Waals surface area contributed by atoms with Crippen molar-refractivity contribution in [2.45, 2.75) is 9.88 Å². The van der Waals surface area contributed by atoms with Gasteiger partial charge >= 0.3 is 31.0 Å². The predicted molar refractivity (Wildman–Crippen MR) is 96.9 cm³/mol. The van der Waals surface area contributed by atoms with Crippen LogP contribution >= 0.6 is 0 Å². The molecule has 0 spiro atoms. The molecule has 0 fully saturated rings. The molecule has 9 nitrogen and oxygen atoms in total. The molecule has 0 aliphatic rings. The molecule has 0 aliphatic heterocycles. The molecule has 2 radical (unpaired) electrons. The van der Waals surface area contributed by atoms with Gasteiger partial charge in [0.2, 0.25) is 0 Å². The van der Waals surface area contributed by atoms with Crippen molar-refractivity contribution in [1.82, 2.24) is 11.2 Å². The fraction of sp³-hybridized carbons (Fsp3) is 0.200. The third kappa shape index (κ3) is 13.5. The Bertz CT molecular complexity index is 450. The van der Waals surface area contributed by atoms with Gasteiger partial charge in [0.05, 0.1) is 11.4 Å². The maximum atomic E-state index is 8.80. The quantitative estimate of drug-likeness (QED) is 0.270. The normalized spacial score (nSPS) is 8.48. The summed E-state index contributed by atoms with van der Waals surface area (Å²) in [4.78, 5) is 4.59. The molecule has 0 saturated heterocycles. The Morgan fingerprint density at radius 2 is 0.920 bits per heavy atom. The van der Waals surface area contributed by atoms with Gasteiger partial charge in [-0.1, -0.05) is 47.6 Å². The number of para-hydroxylation sites is 2. The van der Waals surface area contributed by atoms with Crippen molar-refractivity contribution >= 4 is 32.5 Å². The molecule has 0 saturated carbocycles. The average Bonchev–Trinajstić information content (AvgIpc) is 2.70. The van der Waals surface area contributed by atoms with Crippen LogP contribution in [0.4, 0.5) is 11.4 Å². The number of nitrogens with one attached hydrogen (secondary N) is 2. The Labute approximate surface area is 157 Å². The van der Waals surface area contributed by atoms with Crippen LogP contribution in [-0.4, -0.2) is 54.2 Å². The number of aliphatic hydroxyl groups is 1. The van der Waals surface area contributed by atoms with Crippen LogP contribution in [0.3, 0.4) is 0 Å². The van der Waals surface area contributed by atoms with Crippen molar-refractivity contribution in [3.05, 3.63) is 60.7 Å². The van der Waals surface area contributed by atoms with Crippen LogP contribution in [-0.2, 0) is 0 Å². The fourth-order valence-electron chi connectivity index (χ4n) is 1.25. The number of rotatable bonds is 4. The molecule has 0 bridgehead atoms. The molecule has 0 aliphatic carbocycles. The van der Waals surface area contributed by atoms with Crippen molar-refractivity contribution < 1.29 is 25.9 Å². The van der Waals surface area contributed by atoms with E-state index in [2.05, 4.69) is 9.88 Å². The van der Waals surface area contributed by atoms with Crippen LogP contribution in [0.25, 0.3) is 0 Å². The Morgan fingerprint density at radius 3 is 1.12 bits per heavy atom. The molecular formula is C15H26N4O5Sn. The summed E-state index contributed by atoms with van der Waals surface area (Å²) in [5.41, 5.74) is 4.09. The van der Waals surface area contributed by atoms with Crippen molar-refractivity contribution in [1.29, 1.82) is 0 Å². The molecule has 10 heteroatoms. The van der Waals surface area contributed by atoms with E-state index < -0.39 is 0 Å². The van der Waals surface area contributed by atoms with Crippen molar-refractivity contribution in [3.63, 3.8) is 0 Å². The van der Waals surface area contributed by atoms with E-state index in [1.165, 1.54) is 0 Å². The van der Waals surface area contributed by atoms with Crippen LogP contribution in [0.1, 0.15) is 0 Å². The molecule has 0 aromatic heterocycles. The van der Waals surface area contributed by atoms with Crippen LogP contribution in [0.15, 0.2) is 60.7 Å². The number of anilines is 2. The first-order valence-corrected chi connectivity index (χ1v) is 12.7. The Morgan fingerprint density at radius 1 is 0.680 bits per heavy atom. The second-order valence-corrected chi connectivity index (χ2v) is 6.85. The zero-order chi connectivity index (χ0) is 19.5. The molecule has 2 aromatic rings. The van der Waals surface area contributed by atoms with E-state index in [0.29, 0.717) is 21.7 Å². The molecule has 0 unspecified atom stereocenters. The van der Waals surface area contributed by atoms with Crippen LogP contribution in [0, 0.1) is 0 Å². The van der Waals surface area contributed by atoms with Gasteiger partial charge in [0.1, 0.15) is 0 Å². The van der Waals surface area contributed by atoms with E-state index in [4.69, 9.17) is 25.9 Å². The van der Waals surface area contributed by atoms with Gasteiger partial charge < -0.3 is 5.11 Å². The maximum absolute atomic E-state index is 8.80. The molecule has 2 aromatic carbocycles. The molecule has 25 heavy (non-hydrogen) atoms. The Kier molecular flexibility index (Phi) is 19.5. The summed E-state index contributed by atoms with van der Waals surface area (Å²) >= 11 is 0.230. The predicted octanol–water partition coefficient (Wildman–Crippen LogP) is 1.95. The van der Waals surface area contributed by atoms with Gasteiger partial charge in [-0.05, 0) is 24.3 Å². The summed E-state index contributed by atoms with van der Waals surface area (Å²) in [6.45, 7) is 0. The van der Waals surface area contributed by atoms with Crippen LogP contribution in [0.5, 0.6) is 0 Å². The molecule has 0 heterocycles. The van der Waals surface area contributed by atoms with Crippen LogP contribution < -0.4 is 21.5 Å². The van der Waals surface area contributed by atoms with E-state index in [-0.39, 0.29) is 21.1 Å². The molecule has 140 valence electrons. The standard InChI is InChI=1S/2C6H8N2O2.CH4O.2CH3.Sn/c2*9-7-8(10)6-4-2-1-3-5-6;1-2;;;/h2*1-5,7,9-10H;2H,1H3;2*1H3;. The van der Waals surface area contributed by atoms with E-state index in [0.717, 1.165) is 7.11 Å². The van der Waals surface area contributed by atoms with Gasteiger partial charge in [-0.15, -0.1) is 0 Å². The summed E-state index contributed by atoms with van der Waals surface area (Å²) in [6.07, 6.45) is 0. The van der Waals surface area contributed by atoms with Gasteiger partial charge in [0.15, 0.2) is 0 Å². The number of hydrazine groups is 2. The van der Waals surface area contributed by atoms with Crippen LogP contribution in [0.2, 0.25) is 9.88 Å². The first-order chi connectivity index (χ1) is 12.1. The molecular weight excluding hydrogens is 435 g/mol. The zero-order valence-corrected chi connectivity index (χ0v) is 17.3. The second-order valence-electron chi connectivity index (χ2n) is 3.99. The molecule has 7 N–H and O–H groups in total. The first kappa shape index (κ1) is 25.8.